The van der Waals surface area contributed by atoms with Gasteiger partial charge in [0.05, 0.1) is 5.52 Å². The predicted molar refractivity (Wildman–Crippen MR) is 116 cm³/mol. The number of hydrogen-bond acceptors (Lipinski definition) is 5. The van der Waals surface area contributed by atoms with Crippen molar-refractivity contribution in [2.24, 2.45) is 0 Å². The van der Waals surface area contributed by atoms with E-state index in [9.17, 15) is 0 Å². The first kappa shape index (κ1) is 19.7. The number of fused-ring (bicyclic) bond motifs is 1. The van der Waals surface area contributed by atoms with Gasteiger partial charge in [0.2, 0.25) is 5.95 Å². The molecule has 0 radical (unpaired) electrons. The summed E-state index contributed by atoms with van der Waals surface area (Å²) in [5, 5.41) is 8.47. The number of nitrogens with zero attached hydrogens (tertiary/aromatic N) is 3. The Bertz CT molecular complexity index is 879. The lowest BCUT2D eigenvalue weighted by Gasteiger charge is -2.16. The second-order valence-corrected chi connectivity index (χ2v) is 6.96. The van der Waals surface area contributed by atoms with Crippen molar-refractivity contribution in [3.8, 4) is 0 Å². The summed E-state index contributed by atoms with van der Waals surface area (Å²) >= 11 is 5.98. The summed E-state index contributed by atoms with van der Waals surface area (Å²) in [6.45, 7) is 4.27. The Balaban J connectivity index is 0.00000210. The molecule has 1 saturated heterocycles. The first-order valence-corrected chi connectivity index (χ1v) is 9.41. The van der Waals surface area contributed by atoms with Crippen LogP contribution in [-0.2, 0) is 0 Å². The number of benzene rings is 2. The molecule has 0 amide bonds. The van der Waals surface area contributed by atoms with Crippen molar-refractivity contribution in [1.82, 2.24) is 14.9 Å². The lowest BCUT2D eigenvalue weighted by atomic mass is 10.2. The van der Waals surface area contributed by atoms with E-state index in [2.05, 4.69) is 20.5 Å². The molecule has 1 aliphatic rings. The molecular weight excluding hydrogens is 381 g/mol. The van der Waals surface area contributed by atoms with E-state index in [0.717, 1.165) is 35.5 Å². The molecule has 5 nitrogen and oxygen atoms in total. The van der Waals surface area contributed by atoms with Gasteiger partial charge >= 0.3 is 0 Å². The zero-order chi connectivity index (χ0) is 17.8. The quantitative estimate of drug-likeness (QED) is 0.609. The van der Waals surface area contributed by atoms with Gasteiger partial charge in [-0.2, -0.15) is 4.98 Å². The van der Waals surface area contributed by atoms with E-state index in [0.29, 0.717) is 11.0 Å². The van der Waals surface area contributed by atoms with E-state index in [1.807, 2.05) is 48.5 Å². The van der Waals surface area contributed by atoms with E-state index >= 15 is 0 Å². The third kappa shape index (κ3) is 5.01. The van der Waals surface area contributed by atoms with Gasteiger partial charge in [0.15, 0.2) is 0 Å². The maximum Gasteiger partial charge on any atom is 0.225 e. The van der Waals surface area contributed by atoms with Gasteiger partial charge < -0.3 is 15.5 Å². The number of rotatable bonds is 6. The molecule has 3 aromatic rings. The number of hydrogen-bond donors (Lipinski definition) is 2. The number of anilines is 3. The second-order valence-electron chi connectivity index (χ2n) is 6.52. The zero-order valence-electron chi connectivity index (χ0n) is 15.0. The molecule has 1 aromatic heterocycles. The van der Waals surface area contributed by atoms with Gasteiger partial charge in [0, 0.05) is 29.2 Å². The summed E-state index contributed by atoms with van der Waals surface area (Å²) in [5.41, 5.74) is 1.86. The number of halogens is 2. The molecule has 2 heterocycles. The lowest BCUT2D eigenvalue weighted by Crippen LogP contribution is -2.26. The van der Waals surface area contributed by atoms with Crippen LogP contribution in [0.2, 0.25) is 5.02 Å². The fourth-order valence-electron chi connectivity index (χ4n) is 3.25. The topological polar surface area (TPSA) is 53.1 Å². The van der Waals surface area contributed by atoms with Gasteiger partial charge in [-0.3, -0.25) is 0 Å². The van der Waals surface area contributed by atoms with Crippen molar-refractivity contribution in [2.45, 2.75) is 12.8 Å². The minimum absolute atomic E-state index is 0. The van der Waals surface area contributed by atoms with E-state index in [1.54, 1.807) is 0 Å². The summed E-state index contributed by atoms with van der Waals surface area (Å²) in [4.78, 5) is 11.8. The third-order valence-electron chi connectivity index (χ3n) is 4.62. The van der Waals surface area contributed by atoms with Gasteiger partial charge in [-0.1, -0.05) is 23.7 Å². The van der Waals surface area contributed by atoms with Gasteiger partial charge in [0.1, 0.15) is 5.82 Å². The molecule has 1 aliphatic heterocycles. The molecule has 0 bridgehead atoms. The third-order valence-corrected chi connectivity index (χ3v) is 4.87. The average molecular weight is 404 g/mol. The molecule has 0 saturated carbocycles. The number of para-hydroxylation sites is 1. The Labute approximate surface area is 170 Å². The van der Waals surface area contributed by atoms with Crippen molar-refractivity contribution in [3.05, 3.63) is 53.6 Å². The zero-order valence-corrected chi connectivity index (χ0v) is 16.6. The number of aromatic nitrogens is 2. The Morgan fingerprint density at radius 3 is 2.48 bits per heavy atom. The molecule has 2 N–H and O–H groups in total. The van der Waals surface area contributed by atoms with Gasteiger partial charge in [-0.25, -0.2) is 4.98 Å². The highest BCUT2D eigenvalue weighted by atomic mass is 35.5. The Morgan fingerprint density at radius 2 is 1.70 bits per heavy atom. The summed E-state index contributed by atoms with van der Waals surface area (Å²) in [5.74, 6) is 1.45. The van der Waals surface area contributed by atoms with Crippen molar-refractivity contribution < 1.29 is 0 Å². The molecule has 0 atom stereocenters. The van der Waals surface area contributed by atoms with Crippen molar-refractivity contribution in [2.75, 3.05) is 36.8 Å². The maximum atomic E-state index is 5.98. The molecule has 0 unspecified atom stereocenters. The Kier molecular flexibility index (Phi) is 6.72. The van der Waals surface area contributed by atoms with Crippen molar-refractivity contribution in [1.29, 1.82) is 0 Å². The molecule has 2 aromatic carbocycles. The second kappa shape index (κ2) is 9.22. The summed E-state index contributed by atoms with van der Waals surface area (Å²) < 4.78 is 0. The van der Waals surface area contributed by atoms with Crippen molar-refractivity contribution >= 4 is 52.4 Å². The number of nitrogens with one attached hydrogen (secondary N) is 2. The van der Waals surface area contributed by atoms with E-state index in [1.165, 1.54) is 25.9 Å². The molecule has 1 fully saturated rings. The standard InChI is InChI=1S/C20H22ClN5.ClH/c21-15-7-9-16(10-8-15)23-19-17-5-1-2-6-18(17)24-20(25-19)22-11-14-26-12-3-4-13-26;/h1-2,5-10H,3-4,11-14H2,(H2,22,23,24,25);1H. The van der Waals surface area contributed by atoms with Gasteiger partial charge in [-0.15, -0.1) is 12.4 Å². The van der Waals surface area contributed by atoms with Crippen LogP contribution in [-0.4, -0.2) is 41.0 Å². The van der Waals surface area contributed by atoms with Crippen LogP contribution in [0.3, 0.4) is 0 Å². The summed E-state index contributed by atoms with van der Waals surface area (Å²) in [6.07, 6.45) is 2.61. The molecule has 142 valence electrons. The van der Waals surface area contributed by atoms with E-state index < -0.39 is 0 Å². The van der Waals surface area contributed by atoms with E-state index in [-0.39, 0.29) is 12.4 Å². The highest BCUT2D eigenvalue weighted by molar-refractivity contribution is 6.30. The molecule has 0 spiro atoms. The van der Waals surface area contributed by atoms with Gasteiger partial charge in [-0.05, 0) is 62.3 Å². The first-order valence-electron chi connectivity index (χ1n) is 9.03. The minimum atomic E-state index is 0. The largest absolute Gasteiger partial charge is 0.353 e. The summed E-state index contributed by atoms with van der Waals surface area (Å²) in [6, 6.07) is 15.6. The van der Waals surface area contributed by atoms with Crippen molar-refractivity contribution in [3.63, 3.8) is 0 Å². The monoisotopic (exact) mass is 403 g/mol. The van der Waals surface area contributed by atoms with Crippen LogP contribution >= 0.6 is 24.0 Å². The van der Waals surface area contributed by atoms with E-state index in [4.69, 9.17) is 16.6 Å². The molecule has 7 heteroatoms. The van der Waals surface area contributed by atoms with Crippen LogP contribution in [0.1, 0.15) is 12.8 Å². The van der Waals surface area contributed by atoms with Crippen LogP contribution in [0, 0.1) is 0 Å². The summed E-state index contributed by atoms with van der Waals surface area (Å²) in [7, 11) is 0. The number of likely N-dealkylation sites (tertiary alicyclic amines) is 1. The molecular formula is C20H23Cl2N5. The maximum absolute atomic E-state index is 5.98. The van der Waals surface area contributed by atoms with Crippen LogP contribution < -0.4 is 10.6 Å². The predicted octanol–water partition coefficient (Wildman–Crippen LogP) is 4.96. The van der Waals surface area contributed by atoms with Crippen LogP contribution in [0.15, 0.2) is 48.5 Å². The highest BCUT2D eigenvalue weighted by Gasteiger charge is 2.12. The smallest absolute Gasteiger partial charge is 0.225 e. The Morgan fingerprint density at radius 1 is 0.963 bits per heavy atom. The van der Waals surface area contributed by atoms with Crippen LogP contribution in [0.25, 0.3) is 10.9 Å². The average Bonchev–Trinajstić information content (AvgIpc) is 3.17. The first-order chi connectivity index (χ1) is 12.8. The normalized spacial score (nSPS) is 14.1. The minimum Gasteiger partial charge on any atom is -0.353 e. The SMILES string of the molecule is Cl.Clc1ccc(Nc2nc(NCCN3CCCC3)nc3ccccc23)cc1. The Hall–Kier alpha value is -2.08. The van der Waals surface area contributed by atoms with Crippen LogP contribution in [0.4, 0.5) is 17.5 Å². The molecule has 4 rings (SSSR count). The lowest BCUT2D eigenvalue weighted by molar-refractivity contribution is 0.352. The fraction of sp³-hybridized carbons (Fsp3) is 0.300. The molecule has 27 heavy (non-hydrogen) atoms. The molecule has 0 aliphatic carbocycles. The van der Waals surface area contributed by atoms with Gasteiger partial charge in [0.25, 0.3) is 0 Å². The van der Waals surface area contributed by atoms with Crippen LogP contribution in [0.5, 0.6) is 0 Å². The fourth-order valence-corrected chi connectivity index (χ4v) is 3.38. The highest BCUT2D eigenvalue weighted by Crippen LogP contribution is 2.25.